The van der Waals surface area contributed by atoms with Crippen molar-refractivity contribution in [1.82, 2.24) is 0 Å². The number of anilines is 2. The Labute approximate surface area is 172 Å². The lowest BCUT2D eigenvalue weighted by Crippen LogP contribution is -2.18. The summed E-state index contributed by atoms with van der Waals surface area (Å²) >= 11 is 0. The molecule has 0 aliphatic carbocycles. The van der Waals surface area contributed by atoms with Crippen molar-refractivity contribution in [1.29, 1.82) is 0 Å². The molecule has 31 heavy (non-hydrogen) atoms. The Morgan fingerprint density at radius 2 is 1.77 bits per heavy atom. The van der Waals surface area contributed by atoms with Gasteiger partial charge in [0.05, 0.1) is 28.0 Å². The molecule has 0 aliphatic rings. The number of nitro groups is 1. The minimum Gasteiger partial charge on any atom is -0.472 e. The van der Waals surface area contributed by atoms with Gasteiger partial charge < -0.3 is 15.1 Å². The summed E-state index contributed by atoms with van der Waals surface area (Å²) in [6, 6.07) is 7.64. The van der Waals surface area contributed by atoms with Crippen molar-refractivity contribution in [2.45, 2.75) is 13.1 Å². The fraction of sp³-hybridized carbons (Fsp3) is 0.100. The lowest BCUT2D eigenvalue weighted by atomic mass is 10.1. The molecule has 3 rings (SSSR count). The number of nitrogens with zero attached hydrogens (tertiary/aromatic N) is 1. The fourth-order valence-electron chi connectivity index (χ4n) is 2.77. The topological polar surface area (TPSA) is 114 Å². The molecule has 2 aromatic carbocycles. The largest absolute Gasteiger partial charge is 0.472 e. The first-order chi connectivity index (χ1) is 14.6. The van der Waals surface area contributed by atoms with Crippen LogP contribution in [0.3, 0.4) is 0 Å². The highest BCUT2D eigenvalue weighted by molar-refractivity contribution is 6.06. The molecule has 2 N–H and O–H groups in total. The highest BCUT2D eigenvalue weighted by Gasteiger charge is 2.34. The van der Waals surface area contributed by atoms with Gasteiger partial charge in [0.2, 0.25) is 0 Å². The first kappa shape index (κ1) is 21.6. The molecule has 1 heterocycles. The van der Waals surface area contributed by atoms with Crippen LogP contribution in [0.1, 0.15) is 31.8 Å². The van der Waals surface area contributed by atoms with Crippen LogP contribution in [0.15, 0.2) is 59.4 Å². The third kappa shape index (κ3) is 4.89. The maximum atomic E-state index is 13.6. The highest BCUT2D eigenvalue weighted by atomic mass is 19.4. The molecule has 8 nitrogen and oxygen atoms in total. The summed E-state index contributed by atoms with van der Waals surface area (Å²) in [5.74, 6) is -1.53. The number of non-ortho nitro benzene ring substituents is 1. The third-order valence-electron chi connectivity index (χ3n) is 4.28. The van der Waals surface area contributed by atoms with Gasteiger partial charge >= 0.3 is 6.18 Å². The van der Waals surface area contributed by atoms with Crippen molar-refractivity contribution in [2.24, 2.45) is 0 Å². The van der Waals surface area contributed by atoms with Crippen LogP contribution in [-0.2, 0) is 6.18 Å². The zero-order valence-corrected chi connectivity index (χ0v) is 15.8. The van der Waals surface area contributed by atoms with Crippen LogP contribution >= 0.6 is 0 Å². The maximum absolute atomic E-state index is 13.6. The van der Waals surface area contributed by atoms with Gasteiger partial charge in [-0.25, -0.2) is 0 Å². The minimum atomic E-state index is -4.83. The number of rotatable bonds is 5. The summed E-state index contributed by atoms with van der Waals surface area (Å²) in [5.41, 5.74) is -1.76. The molecule has 0 atom stereocenters. The van der Waals surface area contributed by atoms with Crippen LogP contribution in [0.25, 0.3) is 0 Å². The highest BCUT2D eigenvalue weighted by Crippen LogP contribution is 2.37. The van der Waals surface area contributed by atoms with Crippen molar-refractivity contribution < 1.29 is 32.1 Å². The summed E-state index contributed by atoms with van der Waals surface area (Å²) in [4.78, 5) is 34.7. The fourth-order valence-corrected chi connectivity index (χ4v) is 2.77. The Bertz CT molecular complexity index is 1160. The Morgan fingerprint density at radius 1 is 1.03 bits per heavy atom. The number of carbonyl (C=O) groups is 2. The zero-order valence-electron chi connectivity index (χ0n) is 15.8. The number of alkyl halides is 3. The van der Waals surface area contributed by atoms with Crippen LogP contribution < -0.4 is 10.6 Å². The van der Waals surface area contributed by atoms with Crippen LogP contribution in [0, 0.1) is 17.0 Å². The van der Waals surface area contributed by atoms with E-state index in [2.05, 4.69) is 10.6 Å². The van der Waals surface area contributed by atoms with Crippen molar-refractivity contribution in [3.63, 3.8) is 0 Å². The number of furan rings is 1. The monoisotopic (exact) mass is 433 g/mol. The van der Waals surface area contributed by atoms with Gasteiger partial charge in [-0.3, -0.25) is 19.7 Å². The molecular weight excluding hydrogens is 419 g/mol. The molecule has 0 saturated heterocycles. The Kier molecular flexibility index (Phi) is 5.77. The van der Waals surface area contributed by atoms with E-state index in [0.29, 0.717) is 6.07 Å². The summed E-state index contributed by atoms with van der Waals surface area (Å²) in [6.45, 7) is 1.43. The molecule has 0 fully saturated rings. The SMILES string of the molecule is Cc1cc([N+](=O)[O-])ccc1C(=O)Nc1ccc(NC(=O)c2ccoc2)cc1C(F)(F)F. The molecule has 0 spiro atoms. The molecule has 2 amide bonds. The number of hydrogen-bond acceptors (Lipinski definition) is 5. The Morgan fingerprint density at radius 3 is 2.35 bits per heavy atom. The molecule has 0 bridgehead atoms. The van der Waals surface area contributed by atoms with Gasteiger partial charge in [0, 0.05) is 23.4 Å². The van der Waals surface area contributed by atoms with Gasteiger partial charge in [0.1, 0.15) is 6.26 Å². The van der Waals surface area contributed by atoms with Gasteiger partial charge in [-0.1, -0.05) is 0 Å². The van der Waals surface area contributed by atoms with Crippen LogP contribution in [-0.4, -0.2) is 16.7 Å². The predicted octanol–water partition coefficient (Wildman–Crippen LogP) is 5.02. The Balaban J connectivity index is 1.87. The van der Waals surface area contributed by atoms with Gasteiger partial charge in [0.15, 0.2) is 0 Å². The summed E-state index contributed by atoms with van der Waals surface area (Å²) < 4.78 is 45.4. The lowest BCUT2D eigenvalue weighted by molar-refractivity contribution is -0.384. The van der Waals surface area contributed by atoms with Crippen molar-refractivity contribution in [3.8, 4) is 0 Å². The van der Waals surface area contributed by atoms with E-state index in [4.69, 9.17) is 4.42 Å². The average Bonchev–Trinajstić information content (AvgIpc) is 3.23. The molecule has 3 aromatic rings. The van der Waals surface area contributed by atoms with E-state index >= 15 is 0 Å². The van der Waals surface area contributed by atoms with Crippen molar-refractivity contribution in [3.05, 3.63) is 87.4 Å². The van der Waals surface area contributed by atoms with E-state index in [1.54, 1.807) is 0 Å². The quantitative estimate of drug-likeness (QED) is 0.433. The minimum absolute atomic E-state index is 0.0175. The first-order valence-corrected chi connectivity index (χ1v) is 8.67. The van der Waals surface area contributed by atoms with Crippen LogP contribution in [0.5, 0.6) is 0 Å². The van der Waals surface area contributed by atoms with Crippen molar-refractivity contribution >= 4 is 28.9 Å². The number of halogens is 3. The van der Waals surface area contributed by atoms with Gasteiger partial charge in [-0.05, 0) is 42.8 Å². The number of hydrogen-bond donors (Lipinski definition) is 2. The van der Waals surface area contributed by atoms with Gasteiger partial charge in [-0.2, -0.15) is 13.2 Å². The molecule has 0 aliphatic heterocycles. The number of benzene rings is 2. The van der Waals surface area contributed by atoms with Crippen LogP contribution in [0.4, 0.5) is 30.2 Å². The molecule has 0 radical (unpaired) electrons. The van der Waals surface area contributed by atoms with E-state index in [0.717, 1.165) is 30.5 Å². The molecule has 1 aromatic heterocycles. The first-order valence-electron chi connectivity index (χ1n) is 8.67. The van der Waals surface area contributed by atoms with E-state index in [1.165, 1.54) is 25.3 Å². The molecule has 0 saturated carbocycles. The van der Waals surface area contributed by atoms with E-state index in [1.807, 2.05) is 0 Å². The van der Waals surface area contributed by atoms with Gasteiger partial charge in [-0.15, -0.1) is 0 Å². The number of amides is 2. The number of carbonyl (C=O) groups excluding carboxylic acids is 2. The number of aryl methyl sites for hydroxylation is 1. The van der Waals surface area contributed by atoms with E-state index in [9.17, 15) is 32.9 Å². The zero-order chi connectivity index (χ0) is 22.8. The van der Waals surface area contributed by atoms with E-state index < -0.39 is 34.2 Å². The summed E-state index contributed by atoms with van der Waals surface area (Å²) in [7, 11) is 0. The predicted molar refractivity (Wildman–Crippen MR) is 104 cm³/mol. The Hall–Kier alpha value is -4.15. The van der Waals surface area contributed by atoms with Crippen molar-refractivity contribution in [2.75, 3.05) is 10.6 Å². The molecule has 160 valence electrons. The maximum Gasteiger partial charge on any atom is 0.418 e. The summed E-state index contributed by atoms with van der Waals surface area (Å²) in [6.07, 6.45) is -2.44. The second kappa shape index (κ2) is 8.30. The number of nitro benzene ring substituents is 1. The van der Waals surface area contributed by atoms with Gasteiger partial charge in [0.25, 0.3) is 17.5 Å². The van der Waals surface area contributed by atoms with Crippen LogP contribution in [0.2, 0.25) is 0 Å². The third-order valence-corrected chi connectivity index (χ3v) is 4.28. The number of nitrogens with one attached hydrogen (secondary N) is 2. The standard InChI is InChI=1S/C20H14F3N3O5/c1-11-8-14(26(29)30)3-4-15(11)19(28)25-17-5-2-13(9-16(17)20(21,22)23)24-18(27)12-6-7-31-10-12/h2-10H,1H3,(H,24,27)(H,25,28). The summed E-state index contributed by atoms with van der Waals surface area (Å²) in [5, 5.41) is 15.3. The molecule has 0 unspecified atom stereocenters. The second-order valence-electron chi connectivity index (χ2n) is 6.43. The average molecular weight is 433 g/mol. The molecule has 11 heteroatoms. The molecular formula is C20H14F3N3O5. The second-order valence-corrected chi connectivity index (χ2v) is 6.43. The smallest absolute Gasteiger partial charge is 0.418 e. The lowest BCUT2D eigenvalue weighted by Gasteiger charge is -2.16. The normalized spacial score (nSPS) is 11.1. The van der Waals surface area contributed by atoms with E-state index in [-0.39, 0.29) is 28.1 Å².